The second kappa shape index (κ2) is 8.56. The van der Waals surface area contributed by atoms with Gasteiger partial charge in [-0.25, -0.2) is 8.42 Å². The minimum Gasteiger partial charge on any atom is -0.362 e. The van der Waals surface area contributed by atoms with Crippen LogP contribution >= 0.6 is 11.8 Å². The Morgan fingerprint density at radius 2 is 1.91 bits per heavy atom. The summed E-state index contributed by atoms with van der Waals surface area (Å²) in [5.74, 6) is -0.478. The van der Waals surface area contributed by atoms with Gasteiger partial charge in [0, 0.05) is 28.0 Å². The number of anilines is 2. The average Bonchev–Trinajstić information content (AvgIpc) is 2.74. The van der Waals surface area contributed by atoms with Crippen molar-refractivity contribution in [2.75, 3.05) is 10.6 Å². The van der Waals surface area contributed by atoms with Gasteiger partial charge in [-0.2, -0.15) is 0 Å². The maximum Gasteiger partial charge on any atom is 0.261 e. The van der Waals surface area contributed by atoms with Gasteiger partial charge >= 0.3 is 0 Å². The van der Waals surface area contributed by atoms with Crippen molar-refractivity contribution in [2.24, 2.45) is 0 Å². The van der Waals surface area contributed by atoms with Crippen molar-refractivity contribution >= 4 is 45.0 Å². The highest BCUT2D eigenvalue weighted by Gasteiger charge is 2.24. The summed E-state index contributed by atoms with van der Waals surface area (Å²) >= 11 is 1.44. The molecule has 164 valence electrons. The summed E-state index contributed by atoms with van der Waals surface area (Å²) < 4.78 is 27.7. The molecule has 0 saturated heterocycles. The average molecular weight is 469 g/mol. The van der Waals surface area contributed by atoms with Gasteiger partial charge in [-0.1, -0.05) is 6.58 Å². The van der Waals surface area contributed by atoms with E-state index in [0.717, 1.165) is 4.90 Å². The molecular weight excluding hydrogens is 448 g/mol. The van der Waals surface area contributed by atoms with Crippen molar-refractivity contribution < 1.29 is 18.0 Å². The second-order valence-corrected chi connectivity index (χ2v) is 10.2. The molecule has 2 aliphatic rings. The molecule has 2 aliphatic heterocycles. The molecule has 0 radical (unpaired) electrons. The van der Waals surface area contributed by atoms with Crippen LogP contribution in [0.25, 0.3) is 0 Å². The number of hydrogen-bond donors (Lipinski definition) is 4. The van der Waals surface area contributed by atoms with Crippen molar-refractivity contribution in [1.29, 1.82) is 0 Å². The first-order valence-corrected chi connectivity index (χ1v) is 12.0. The summed E-state index contributed by atoms with van der Waals surface area (Å²) in [5, 5.41) is 8.19. The lowest BCUT2D eigenvalue weighted by Crippen LogP contribution is -2.26. The number of allylic oxidation sites excluding steroid dienone is 2. The number of nitrogens with one attached hydrogen (secondary N) is 4. The predicted octanol–water partition coefficient (Wildman–Crippen LogP) is 3.16. The monoisotopic (exact) mass is 468 g/mol. The maximum atomic E-state index is 12.6. The quantitative estimate of drug-likeness (QED) is 0.536. The van der Waals surface area contributed by atoms with Crippen LogP contribution in [0.4, 0.5) is 11.4 Å². The van der Waals surface area contributed by atoms with Crippen molar-refractivity contribution in [3.63, 3.8) is 0 Å². The molecule has 32 heavy (non-hydrogen) atoms. The molecule has 1 unspecified atom stereocenters. The van der Waals surface area contributed by atoms with Crippen LogP contribution in [0.3, 0.4) is 0 Å². The summed E-state index contributed by atoms with van der Waals surface area (Å²) in [4.78, 5) is 25.5. The van der Waals surface area contributed by atoms with Crippen LogP contribution in [0, 0.1) is 0 Å². The molecule has 0 saturated carbocycles. The molecule has 2 aromatic rings. The number of rotatable bonds is 5. The van der Waals surface area contributed by atoms with Crippen LogP contribution in [0.2, 0.25) is 0 Å². The van der Waals surface area contributed by atoms with Gasteiger partial charge in [0.2, 0.25) is 5.91 Å². The number of hydrogen-bond acceptors (Lipinski definition) is 6. The van der Waals surface area contributed by atoms with Crippen LogP contribution < -0.4 is 20.7 Å². The zero-order valence-electron chi connectivity index (χ0n) is 17.0. The molecule has 0 aromatic heterocycles. The molecule has 0 spiro atoms. The Morgan fingerprint density at radius 3 is 2.62 bits per heavy atom. The minimum atomic E-state index is -3.79. The topological polar surface area (TPSA) is 116 Å². The molecule has 4 rings (SSSR count). The standard InChI is InChI=1S/C22H20N4O4S2/c1-13-11-17(9-10-23-13)26-32(29,30)18-6-4-16(5-7-18)24-22(28)15-3-8-20-19(12-15)25-21(27)14(2)31-20/h3-12,14,23,26H,1H2,2H3,(H,24,28)(H,25,27). The Bertz CT molecular complexity index is 1280. The first kappa shape index (κ1) is 21.7. The lowest BCUT2D eigenvalue weighted by atomic mass is 10.1. The van der Waals surface area contributed by atoms with Gasteiger partial charge in [0.05, 0.1) is 21.5 Å². The molecule has 2 heterocycles. The van der Waals surface area contributed by atoms with Gasteiger partial charge < -0.3 is 16.0 Å². The van der Waals surface area contributed by atoms with E-state index in [1.54, 1.807) is 36.6 Å². The van der Waals surface area contributed by atoms with Crippen molar-refractivity contribution in [2.45, 2.75) is 22.0 Å². The summed E-state index contributed by atoms with van der Waals surface area (Å²) in [5.41, 5.74) is 2.37. The predicted molar refractivity (Wildman–Crippen MR) is 125 cm³/mol. The van der Waals surface area contributed by atoms with Gasteiger partial charge in [0.1, 0.15) is 0 Å². The summed E-state index contributed by atoms with van der Waals surface area (Å²) in [6.07, 6.45) is 4.75. The summed E-state index contributed by atoms with van der Waals surface area (Å²) in [6.45, 7) is 5.55. The number of benzene rings is 2. The van der Waals surface area contributed by atoms with Gasteiger partial charge in [-0.3, -0.25) is 14.3 Å². The zero-order chi connectivity index (χ0) is 22.9. The van der Waals surface area contributed by atoms with E-state index in [-0.39, 0.29) is 22.0 Å². The van der Waals surface area contributed by atoms with Crippen LogP contribution in [0.5, 0.6) is 0 Å². The van der Waals surface area contributed by atoms with E-state index in [0.29, 0.717) is 28.3 Å². The number of carbonyl (C=O) groups is 2. The molecule has 0 aliphatic carbocycles. The van der Waals surface area contributed by atoms with Gasteiger partial charge in [-0.05, 0) is 61.5 Å². The molecule has 10 heteroatoms. The Balaban J connectivity index is 1.45. The normalized spacial score (nSPS) is 17.5. The van der Waals surface area contributed by atoms with Crippen molar-refractivity contribution in [3.8, 4) is 0 Å². The van der Waals surface area contributed by atoms with Crippen LogP contribution in [0.15, 0.2) is 88.6 Å². The van der Waals surface area contributed by atoms with E-state index < -0.39 is 10.0 Å². The van der Waals surface area contributed by atoms with Crippen LogP contribution in [-0.4, -0.2) is 25.5 Å². The second-order valence-electron chi connectivity index (χ2n) is 7.15. The van der Waals surface area contributed by atoms with E-state index in [1.807, 2.05) is 6.92 Å². The smallest absolute Gasteiger partial charge is 0.261 e. The lowest BCUT2D eigenvalue weighted by molar-refractivity contribution is -0.115. The minimum absolute atomic E-state index is 0.0524. The number of amides is 2. The largest absolute Gasteiger partial charge is 0.362 e. The Morgan fingerprint density at radius 1 is 1.16 bits per heavy atom. The van der Waals surface area contributed by atoms with E-state index >= 15 is 0 Å². The summed E-state index contributed by atoms with van der Waals surface area (Å²) in [7, 11) is -3.79. The fourth-order valence-corrected chi connectivity index (χ4v) is 5.04. The fraction of sp³-hybridized carbons (Fsp3) is 0.0909. The SMILES string of the molecule is C=C1C=C(NS(=O)(=O)c2ccc(NC(=O)c3ccc4c(c3)NC(=O)C(C)S4)cc2)C=CN1. The number of sulfonamides is 1. The molecular formula is C22H20N4O4S2. The Labute approximate surface area is 189 Å². The van der Waals surface area contributed by atoms with E-state index in [1.165, 1.54) is 36.0 Å². The van der Waals surface area contributed by atoms with Gasteiger partial charge in [0.25, 0.3) is 15.9 Å². The van der Waals surface area contributed by atoms with E-state index in [9.17, 15) is 18.0 Å². The van der Waals surface area contributed by atoms with Crippen LogP contribution in [-0.2, 0) is 14.8 Å². The third-order valence-electron chi connectivity index (χ3n) is 4.71. The molecule has 0 fully saturated rings. The maximum absolute atomic E-state index is 12.6. The highest BCUT2D eigenvalue weighted by molar-refractivity contribution is 8.01. The van der Waals surface area contributed by atoms with Crippen molar-refractivity contribution in [1.82, 2.24) is 10.0 Å². The molecule has 1 atom stereocenters. The third kappa shape index (κ3) is 4.71. The number of carbonyl (C=O) groups excluding carboxylic acids is 2. The zero-order valence-corrected chi connectivity index (χ0v) is 18.6. The molecule has 2 aromatic carbocycles. The Hall–Kier alpha value is -3.50. The molecule has 0 bridgehead atoms. The fourth-order valence-electron chi connectivity index (χ4n) is 3.06. The van der Waals surface area contributed by atoms with E-state index in [2.05, 4.69) is 27.3 Å². The molecule has 2 amide bonds. The van der Waals surface area contributed by atoms with Crippen molar-refractivity contribution in [3.05, 3.63) is 84.4 Å². The van der Waals surface area contributed by atoms with E-state index in [4.69, 9.17) is 0 Å². The number of dihydropyridines is 1. The number of thioether (sulfide) groups is 1. The van der Waals surface area contributed by atoms with Gasteiger partial charge in [0.15, 0.2) is 0 Å². The lowest BCUT2D eigenvalue weighted by Gasteiger charge is -2.21. The summed E-state index contributed by atoms with van der Waals surface area (Å²) in [6, 6.07) is 10.9. The van der Waals surface area contributed by atoms with Crippen LogP contribution in [0.1, 0.15) is 17.3 Å². The molecule has 8 nitrogen and oxygen atoms in total. The highest BCUT2D eigenvalue weighted by Crippen LogP contribution is 2.36. The first-order valence-electron chi connectivity index (χ1n) is 9.61. The van der Waals surface area contributed by atoms with Gasteiger partial charge in [-0.15, -0.1) is 11.8 Å². The third-order valence-corrected chi connectivity index (χ3v) is 7.28. The Kier molecular flexibility index (Phi) is 5.81. The number of fused-ring (bicyclic) bond motifs is 1. The highest BCUT2D eigenvalue weighted by atomic mass is 32.2. The first-order chi connectivity index (χ1) is 15.2. The molecule has 4 N–H and O–H groups in total.